The number of aryl methyl sites for hydroxylation is 1. The van der Waals surface area contributed by atoms with E-state index in [1.54, 1.807) is 50.4 Å². The predicted octanol–water partition coefficient (Wildman–Crippen LogP) is 6.78. The van der Waals surface area contributed by atoms with Crippen molar-refractivity contribution in [2.24, 2.45) is 0 Å². The maximum absolute atomic E-state index is 12.9. The van der Waals surface area contributed by atoms with E-state index in [4.69, 9.17) is 32.7 Å². The molecule has 3 N–H and O–H groups in total. The first kappa shape index (κ1) is 30.4. The summed E-state index contributed by atoms with van der Waals surface area (Å²) in [4.78, 5) is 42.9. The van der Waals surface area contributed by atoms with E-state index in [1.807, 2.05) is 37.3 Å². The summed E-state index contributed by atoms with van der Waals surface area (Å²) in [5, 5.41) is 9.26. The van der Waals surface area contributed by atoms with Crippen molar-refractivity contribution < 1.29 is 23.9 Å². The maximum atomic E-state index is 12.9. The number of hydrogen-bond acceptors (Lipinski definition) is 6. The fraction of sp³-hybridized carbons (Fsp3) is 0.200. The van der Waals surface area contributed by atoms with Gasteiger partial charge in [-0.05, 0) is 56.3 Å². The van der Waals surface area contributed by atoms with Gasteiger partial charge in [-0.2, -0.15) is 0 Å². The van der Waals surface area contributed by atoms with Crippen molar-refractivity contribution in [1.29, 1.82) is 0 Å². The largest absolute Gasteiger partial charge is 0.487 e. The van der Waals surface area contributed by atoms with Crippen LogP contribution in [0, 0.1) is 6.92 Å². The molecule has 4 amide bonds. The van der Waals surface area contributed by atoms with Gasteiger partial charge in [0.05, 0.1) is 35.1 Å². The number of carbonyl (C=O) groups excluding carboxylic acids is 3. The van der Waals surface area contributed by atoms with Gasteiger partial charge in [-0.25, -0.2) is 14.6 Å². The Balaban J connectivity index is 1.37. The van der Waals surface area contributed by atoms with Crippen molar-refractivity contribution in [3.05, 3.63) is 88.0 Å². The number of para-hydroxylation sites is 1. The SMILES string of the molecule is CCOC(=O)Nc1cccc(NC(=O)NCC(=O)N(C)c2ccc(Cl)c(COc3cc4ccccc4nc3C)c2Cl)c1. The van der Waals surface area contributed by atoms with Crippen LogP contribution in [0.3, 0.4) is 0 Å². The Bertz CT molecular complexity index is 1630. The first-order valence-corrected chi connectivity index (χ1v) is 13.7. The number of nitrogens with zero attached hydrogens (tertiary/aromatic N) is 2. The van der Waals surface area contributed by atoms with Crippen LogP contribution >= 0.6 is 23.2 Å². The number of halogens is 2. The first-order valence-electron chi connectivity index (χ1n) is 13.0. The van der Waals surface area contributed by atoms with Crippen LogP contribution in [0.15, 0.2) is 66.7 Å². The molecule has 0 saturated heterocycles. The molecule has 0 atom stereocenters. The first-order chi connectivity index (χ1) is 20.2. The summed E-state index contributed by atoms with van der Waals surface area (Å²) in [7, 11) is 1.55. The van der Waals surface area contributed by atoms with Gasteiger partial charge in [-0.1, -0.05) is 47.5 Å². The van der Waals surface area contributed by atoms with Crippen molar-refractivity contribution in [3.63, 3.8) is 0 Å². The summed E-state index contributed by atoms with van der Waals surface area (Å²) in [6.45, 7) is 3.53. The van der Waals surface area contributed by atoms with Crippen molar-refractivity contribution in [2.45, 2.75) is 20.5 Å². The second-order valence-corrected chi connectivity index (χ2v) is 9.88. The predicted molar refractivity (Wildman–Crippen MR) is 165 cm³/mol. The quantitative estimate of drug-likeness (QED) is 0.192. The highest BCUT2D eigenvalue weighted by Crippen LogP contribution is 2.35. The smallest absolute Gasteiger partial charge is 0.411 e. The molecule has 10 nitrogen and oxygen atoms in total. The van der Waals surface area contributed by atoms with Crippen molar-refractivity contribution >= 4 is 69.2 Å². The summed E-state index contributed by atoms with van der Waals surface area (Å²) >= 11 is 13.1. The molecular weight excluding hydrogens is 581 g/mol. The molecule has 0 aliphatic carbocycles. The number of pyridine rings is 1. The second kappa shape index (κ2) is 13.9. The highest BCUT2D eigenvalue weighted by Gasteiger charge is 2.20. The van der Waals surface area contributed by atoms with E-state index in [1.165, 1.54) is 4.90 Å². The Hall–Kier alpha value is -4.54. The van der Waals surface area contributed by atoms with Crippen LogP contribution in [0.1, 0.15) is 18.2 Å². The van der Waals surface area contributed by atoms with Gasteiger partial charge >= 0.3 is 12.1 Å². The number of benzene rings is 3. The molecule has 0 bridgehead atoms. The van der Waals surface area contributed by atoms with Gasteiger partial charge < -0.3 is 25.0 Å². The number of ether oxygens (including phenoxy) is 2. The zero-order chi connectivity index (χ0) is 30.2. The second-order valence-electron chi connectivity index (χ2n) is 9.10. The standard InChI is InChI=1S/C30H29Cl2N5O5/c1-4-41-30(40)36-21-10-7-9-20(15-21)35-29(39)33-16-27(38)37(3)25-13-12-23(31)22(28(25)32)17-42-26-14-19-8-5-6-11-24(19)34-18(26)2/h5-15H,4,16-17H2,1-3H3,(H,36,40)(H2,33,35,39). The van der Waals surface area contributed by atoms with Crippen LogP contribution in [0.2, 0.25) is 10.0 Å². The number of hydrogen-bond donors (Lipinski definition) is 3. The number of urea groups is 1. The number of anilines is 3. The minimum absolute atomic E-state index is 0.0547. The molecule has 0 fully saturated rings. The Morgan fingerprint density at radius 1 is 0.952 bits per heavy atom. The molecule has 3 aromatic carbocycles. The molecule has 4 aromatic rings. The lowest BCUT2D eigenvalue weighted by Crippen LogP contribution is -2.40. The van der Waals surface area contributed by atoms with E-state index in [2.05, 4.69) is 20.9 Å². The molecule has 0 radical (unpaired) electrons. The van der Waals surface area contributed by atoms with Crippen LogP contribution in [-0.2, 0) is 16.1 Å². The summed E-state index contributed by atoms with van der Waals surface area (Å²) in [5.41, 5.74) is 3.33. The fourth-order valence-corrected chi connectivity index (χ4v) is 4.62. The van der Waals surface area contributed by atoms with Gasteiger partial charge in [0.15, 0.2) is 0 Å². The highest BCUT2D eigenvalue weighted by molar-refractivity contribution is 6.38. The van der Waals surface area contributed by atoms with E-state index in [9.17, 15) is 14.4 Å². The molecular formula is C30H29Cl2N5O5. The number of amides is 4. The fourth-order valence-electron chi connectivity index (χ4n) is 4.01. The Morgan fingerprint density at radius 2 is 1.69 bits per heavy atom. The molecule has 0 saturated carbocycles. The van der Waals surface area contributed by atoms with Gasteiger partial charge in [-0.15, -0.1) is 0 Å². The van der Waals surface area contributed by atoms with E-state index in [0.717, 1.165) is 16.6 Å². The Kier molecular flexibility index (Phi) is 10.1. The number of rotatable bonds is 9. The number of nitrogens with one attached hydrogen (secondary N) is 3. The van der Waals surface area contributed by atoms with Gasteiger partial charge in [0.25, 0.3) is 0 Å². The van der Waals surface area contributed by atoms with Crippen molar-refractivity contribution in [1.82, 2.24) is 10.3 Å². The molecule has 0 unspecified atom stereocenters. The zero-order valence-corrected chi connectivity index (χ0v) is 24.7. The van der Waals surface area contributed by atoms with Crippen LogP contribution in [0.4, 0.5) is 26.7 Å². The van der Waals surface area contributed by atoms with Gasteiger partial charge in [0, 0.05) is 34.4 Å². The number of fused-ring (bicyclic) bond motifs is 1. The summed E-state index contributed by atoms with van der Waals surface area (Å²) in [5.74, 6) is 0.168. The van der Waals surface area contributed by atoms with Crippen LogP contribution in [0.5, 0.6) is 5.75 Å². The lowest BCUT2D eigenvalue weighted by molar-refractivity contribution is -0.117. The van der Waals surface area contributed by atoms with E-state index >= 15 is 0 Å². The average molecular weight is 610 g/mol. The molecule has 42 heavy (non-hydrogen) atoms. The summed E-state index contributed by atoms with van der Waals surface area (Å²) < 4.78 is 10.9. The third kappa shape index (κ3) is 7.59. The lowest BCUT2D eigenvalue weighted by Gasteiger charge is -2.21. The lowest BCUT2D eigenvalue weighted by atomic mass is 10.1. The topological polar surface area (TPSA) is 122 Å². The van der Waals surface area contributed by atoms with Gasteiger partial charge in [0.1, 0.15) is 12.4 Å². The molecule has 0 spiro atoms. The minimum Gasteiger partial charge on any atom is -0.487 e. The maximum Gasteiger partial charge on any atom is 0.411 e. The molecule has 12 heteroatoms. The highest BCUT2D eigenvalue weighted by atomic mass is 35.5. The van der Waals surface area contributed by atoms with E-state index in [-0.39, 0.29) is 24.8 Å². The molecule has 0 aliphatic heterocycles. The number of aromatic nitrogens is 1. The Morgan fingerprint density at radius 3 is 2.45 bits per heavy atom. The zero-order valence-electron chi connectivity index (χ0n) is 23.2. The third-order valence-electron chi connectivity index (χ3n) is 6.18. The van der Waals surface area contributed by atoms with Gasteiger partial charge in [0.2, 0.25) is 5.91 Å². The number of likely N-dealkylation sites (N-methyl/N-ethyl adjacent to an activating group) is 1. The monoisotopic (exact) mass is 609 g/mol. The molecule has 1 heterocycles. The van der Waals surface area contributed by atoms with Crippen LogP contribution in [0.25, 0.3) is 10.9 Å². The van der Waals surface area contributed by atoms with Crippen LogP contribution in [-0.4, -0.2) is 43.2 Å². The van der Waals surface area contributed by atoms with Crippen molar-refractivity contribution in [2.75, 3.05) is 35.7 Å². The van der Waals surface area contributed by atoms with E-state index < -0.39 is 18.0 Å². The molecule has 218 valence electrons. The minimum atomic E-state index is -0.610. The van der Waals surface area contributed by atoms with E-state index in [0.29, 0.717) is 33.4 Å². The van der Waals surface area contributed by atoms with Gasteiger partial charge in [-0.3, -0.25) is 10.1 Å². The Labute approximate surface area is 252 Å². The summed E-state index contributed by atoms with van der Waals surface area (Å²) in [6, 6.07) is 18.8. The number of carbonyl (C=O) groups is 3. The van der Waals surface area contributed by atoms with Crippen LogP contribution < -0.4 is 25.6 Å². The average Bonchev–Trinajstić information content (AvgIpc) is 2.96. The molecule has 1 aromatic heterocycles. The molecule has 0 aliphatic rings. The van der Waals surface area contributed by atoms with Crippen molar-refractivity contribution in [3.8, 4) is 5.75 Å². The summed E-state index contributed by atoms with van der Waals surface area (Å²) in [6.07, 6.45) is -0.607. The normalized spacial score (nSPS) is 10.6. The third-order valence-corrected chi connectivity index (χ3v) is 6.96. The molecule has 4 rings (SSSR count).